The van der Waals surface area contributed by atoms with Gasteiger partial charge in [0.15, 0.2) is 18.1 Å². The zero-order chi connectivity index (χ0) is 16.8. The molecule has 2 amide bonds. The fourth-order valence-corrected chi connectivity index (χ4v) is 2.94. The molecule has 1 aromatic rings. The minimum atomic E-state index is -0.273. The monoisotopic (exact) mass is 332 g/mol. The number of thioether (sulfide) groups is 1. The normalized spacial score (nSPS) is 15.9. The van der Waals surface area contributed by atoms with E-state index in [9.17, 15) is 9.59 Å². The number of hydrogen-bond donors (Lipinski definition) is 0. The first kappa shape index (κ1) is 16.9. The number of imide groups is 1. The Hall–Kier alpha value is -2.46. The average molecular weight is 332 g/mol. The summed E-state index contributed by atoms with van der Waals surface area (Å²) in [6.45, 7) is 2.26. The van der Waals surface area contributed by atoms with Crippen molar-refractivity contribution >= 4 is 29.0 Å². The van der Waals surface area contributed by atoms with Gasteiger partial charge >= 0.3 is 0 Å². The first-order valence-electron chi connectivity index (χ1n) is 7.03. The van der Waals surface area contributed by atoms with E-state index >= 15 is 0 Å². The van der Waals surface area contributed by atoms with E-state index in [1.54, 1.807) is 24.3 Å². The summed E-state index contributed by atoms with van der Waals surface area (Å²) in [6, 6.07) is 6.99. The highest BCUT2D eigenvalue weighted by Crippen LogP contribution is 2.34. The molecule has 7 heteroatoms. The van der Waals surface area contributed by atoms with Gasteiger partial charge in [0, 0.05) is 6.54 Å². The highest BCUT2D eigenvalue weighted by molar-refractivity contribution is 8.18. The Morgan fingerprint density at radius 3 is 2.78 bits per heavy atom. The number of amides is 2. The van der Waals surface area contributed by atoms with Gasteiger partial charge in [0.2, 0.25) is 0 Å². The zero-order valence-electron chi connectivity index (χ0n) is 12.9. The first-order valence-corrected chi connectivity index (χ1v) is 7.85. The van der Waals surface area contributed by atoms with Crippen LogP contribution in [0, 0.1) is 11.3 Å². The zero-order valence-corrected chi connectivity index (χ0v) is 13.7. The van der Waals surface area contributed by atoms with Gasteiger partial charge in [-0.15, -0.1) is 0 Å². The van der Waals surface area contributed by atoms with Crippen LogP contribution >= 0.6 is 11.8 Å². The Labute approximate surface area is 138 Å². The molecule has 1 aliphatic rings. The maximum absolute atomic E-state index is 12.2. The molecule has 0 aliphatic carbocycles. The van der Waals surface area contributed by atoms with Crippen LogP contribution in [-0.2, 0) is 4.79 Å². The molecule has 0 unspecified atom stereocenters. The summed E-state index contributed by atoms with van der Waals surface area (Å²) in [7, 11) is 1.49. The molecule has 1 aromatic carbocycles. The Morgan fingerprint density at radius 1 is 1.35 bits per heavy atom. The first-order chi connectivity index (χ1) is 11.1. The number of nitriles is 1. The largest absolute Gasteiger partial charge is 0.493 e. The van der Waals surface area contributed by atoms with E-state index in [-0.39, 0.29) is 17.8 Å². The molecule has 120 valence electrons. The summed E-state index contributed by atoms with van der Waals surface area (Å²) in [4.78, 5) is 25.7. The van der Waals surface area contributed by atoms with Crippen molar-refractivity contribution in [2.75, 3.05) is 20.3 Å². The van der Waals surface area contributed by atoms with Crippen molar-refractivity contribution in [3.8, 4) is 17.6 Å². The fraction of sp³-hybridized carbons (Fsp3) is 0.312. The average Bonchev–Trinajstić information content (AvgIpc) is 2.81. The molecule has 1 fully saturated rings. The van der Waals surface area contributed by atoms with Gasteiger partial charge in [-0.3, -0.25) is 14.5 Å². The Balaban J connectivity index is 2.24. The van der Waals surface area contributed by atoms with Crippen molar-refractivity contribution in [2.45, 2.75) is 13.3 Å². The Morgan fingerprint density at radius 2 is 2.13 bits per heavy atom. The molecule has 0 saturated carbocycles. The van der Waals surface area contributed by atoms with Gasteiger partial charge in [-0.05, 0) is 42.0 Å². The third-order valence-electron chi connectivity index (χ3n) is 3.10. The minimum absolute atomic E-state index is 0.0778. The quantitative estimate of drug-likeness (QED) is 0.745. The van der Waals surface area contributed by atoms with Crippen LogP contribution in [0.15, 0.2) is 23.1 Å². The maximum Gasteiger partial charge on any atom is 0.293 e. The number of rotatable bonds is 6. The van der Waals surface area contributed by atoms with Crippen LogP contribution in [0.5, 0.6) is 11.5 Å². The predicted molar refractivity (Wildman–Crippen MR) is 87.1 cm³/mol. The molecule has 0 atom stereocenters. The number of benzene rings is 1. The van der Waals surface area contributed by atoms with Gasteiger partial charge in [0.05, 0.1) is 12.0 Å². The molecule has 0 N–H and O–H groups in total. The smallest absolute Gasteiger partial charge is 0.293 e. The molecule has 0 radical (unpaired) electrons. The summed E-state index contributed by atoms with van der Waals surface area (Å²) in [6.07, 6.45) is 2.38. The third kappa shape index (κ3) is 3.85. The topological polar surface area (TPSA) is 79.6 Å². The molecule has 1 heterocycles. The van der Waals surface area contributed by atoms with Crippen LogP contribution in [0.25, 0.3) is 6.08 Å². The second-order valence-corrected chi connectivity index (χ2v) is 5.68. The molecule has 6 nitrogen and oxygen atoms in total. The molecular weight excluding hydrogens is 316 g/mol. The number of ether oxygens (including phenoxy) is 2. The summed E-state index contributed by atoms with van der Waals surface area (Å²) in [5.41, 5.74) is 0.716. The number of carbonyl (C=O) groups is 2. The van der Waals surface area contributed by atoms with Gasteiger partial charge in [-0.2, -0.15) is 5.26 Å². The van der Waals surface area contributed by atoms with Crippen molar-refractivity contribution < 1.29 is 19.1 Å². The SMILES string of the molecule is CCCN1C(=O)S/C(=C\c2ccc(OCC#N)c(OC)c2)C1=O. The highest BCUT2D eigenvalue weighted by Gasteiger charge is 2.34. The number of carbonyl (C=O) groups excluding carboxylic acids is 2. The van der Waals surface area contributed by atoms with Crippen LogP contribution < -0.4 is 9.47 Å². The minimum Gasteiger partial charge on any atom is -0.493 e. The van der Waals surface area contributed by atoms with E-state index in [1.807, 2.05) is 13.0 Å². The summed E-state index contributed by atoms with van der Waals surface area (Å²) < 4.78 is 10.5. The lowest BCUT2D eigenvalue weighted by Gasteiger charge is -2.10. The van der Waals surface area contributed by atoms with Crippen molar-refractivity contribution in [1.82, 2.24) is 4.90 Å². The fourth-order valence-electron chi connectivity index (χ4n) is 2.07. The van der Waals surface area contributed by atoms with E-state index in [0.29, 0.717) is 28.5 Å². The third-order valence-corrected chi connectivity index (χ3v) is 4.01. The highest BCUT2D eigenvalue weighted by atomic mass is 32.2. The molecule has 0 bridgehead atoms. The standard InChI is InChI=1S/C16H16N2O4S/c1-3-7-18-15(19)14(23-16(18)20)10-11-4-5-12(22-8-6-17)13(9-11)21-2/h4-5,9-10H,3,7-8H2,1-2H3/b14-10-. The van der Waals surface area contributed by atoms with Crippen LogP contribution in [0.2, 0.25) is 0 Å². The van der Waals surface area contributed by atoms with Gasteiger partial charge in [-0.1, -0.05) is 13.0 Å². The molecule has 1 saturated heterocycles. The van der Waals surface area contributed by atoms with Gasteiger partial charge < -0.3 is 9.47 Å². The van der Waals surface area contributed by atoms with Crippen molar-refractivity contribution in [3.05, 3.63) is 28.7 Å². The van der Waals surface area contributed by atoms with Crippen LogP contribution in [0.3, 0.4) is 0 Å². The lowest BCUT2D eigenvalue weighted by molar-refractivity contribution is -0.122. The van der Waals surface area contributed by atoms with Crippen molar-refractivity contribution in [2.24, 2.45) is 0 Å². The second kappa shape index (κ2) is 7.70. The van der Waals surface area contributed by atoms with Crippen LogP contribution in [0.1, 0.15) is 18.9 Å². The van der Waals surface area contributed by atoms with Gasteiger partial charge in [-0.25, -0.2) is 0 Å². The number of nitrogens with zero attached hydrogens (tertiary/aromatic N) is 2. The molecule has 0 aromatic heterocycles. The number of hydrogen-bond acceptors (Lipinski definition) is 6. The van der Waals surface area contributed by atoms with E-state index in [0.717, 1.165) is 18.2 Å². The van der Waals surface area contributed by atoms with Gasteiger partial charge in [0.25, 0.3) is 11.1 Å². The summed E-state index contributed by atoms with van der Waals surface area (Å²) in [5, 5.41) is 8.31. The van der Waals surface area contributed by atoms with E-state index in [1.165, 1.54) is 12.0 Å². The second-order valence-electron chi connectivity index (χ2n) is 4.69. The van der Waals surface area contributed by atoms with Crippen LogP contribution in [-0.4, -0.2) is 36.3 Å². The van der Waals surface area contributed by atoms with Crippen molar-refractivity contribution in [1.29, 1.82) is 5.26 Å². The Kier molecular flexibility index (Phi) is 5.66. The molecular formula is C16H16N2O4S. The van der Waals surface area contributed by atoms with Crippen molar-refractivity contribution in [3.63, 3.8) is 0 Å². The molecule has 23 heavy (non-hydrogen) atoms. The maximum atomic E-state index is 12.2. The lowest BCUT2D eigenvalue weighted by atomic mass is 10.2. The molecule has 2 rings (SSSR count). The van der Waals surface area contributed by atoms with Crippen LogP contribution in [0.4, 0.5) is 4.79 Å². The summed E-state index contributed by atoms with van der Waals surface area (Å²) in [5.74, 6) is 0.637. The predicted octanol–water partition coefficient (Wildman–Crippen LogP) is 3.04. The Bertz CT molecular complexity index is 694. The number of methoxy groups -OCH3 is 1. The van der Waals surface area contributed by atoms with Gasteiger partial charge in [0.1, 0.15) is 6.07 Å². The summed E-state index contributed by atoms with van der Waals surface area (Å²) >= 11 is 0.932. The molecule has 0 spiro atoms. The van der Waals surface area contributed by atoms with E-state index < -0.39 is 0 Å². The van der Waals surface area contributed by atoms with E-state index in [4.69, 9.17) is 14.7 Å². The lowest BCUT2D eigenvalue weighted by Crippen LogP contribution is -2.28. The van der Waals surface area contributed by atoms with E-state index in [2.05, 4.69) is 0 Å². The molecule has 1 aliphatic heterocycles.